The SMILES string of the molecule is N#C/C(=C\C1CCC(O)C(O)C1)C(=O)C1CCC2NC(=O)OC2C1. The number of Topliss-reactive ketones (excluding diaryl/α,β-unsaturated/α-hetero) is 1. The van der Waals surface area contributed by atoms with Crippen molar-refractivity contribution in [3.63, 3.8) is 0 Å². The molecule has 6 unspecified atom stereocenters. The predicted molar refractivity (Wildman–Crippen MR) is 82.6 cm³/mol. The van der Waals surface area contributed by atoms with E-state index in [1.807, 2.05) is 6.07 Å². The topological polar surface area (TPSA) is 120 Å². The molecule has 3 aliphatic rings. The highest BCUT2D eigenvalue weighted by Crippen LogP contribution is 2.33. The smallest absolute Gasteiger partial charge is 0.407 e. The van der Waals surface area contributed by atoms with Gasteiger partial charge in [0.2, 0.25) is 0 Å². The van der Waals surface area contributed by atoms with Crippen molar-refractivity contribution < 1.29 is 24.5 Å². The molecule has 1 aliphatic heterocycles. The van der Waals surface area contributed by atoms with Crippen LogP contribution in [0.5, 0.6) is 0 Å². The summed E-state index contributed by atoms with van der Waals surface area (Å²) in [7, 11) is 0. The summed E-state index contributed by atoms with van der Waals surface area (Å²) in [5.74, 6) is -0.604. The maximum Gasteiger partial charge on any atom is 0.407 e. The second-order valence-corrected chi connectivity index (χ2v) is 6.97. The van der Waals surface area contributed by atoms with Crippen LogP contribution in [0.2, 0.25) is 0 Å². The Morgan fingerprint density at radius 3 is 2.71 bits per heavy atom. The summed E-state index contributed by atoms with van der Waals surface area (Å²) in [6.07, 6.45) is 2.55. The molecule has 130 valence electrons. The van der Waals surface area contributed by atoms with Gasteiger partial charge < -0.3 is 20.3 Å². The molecule has 24 heavy (non-hydrogen) atoms. The molecule has 0 bridgehead atoms. The fourth-order valence-corrected chi connectivity index (χ4v) is 3.93. The fraction of sp³-hybridized carbons (Fsp3) is 0.706. The zero-order chi connectivity index (χ0) is 17.3. The summed E-state index contributed by atoms with van der Waals surface area (Å²) in [6.45, 7) is 0. The number of nitrogens with zero attached hydrogens (tertiary/aromatic N) is 1. The number of nitrogens with one attached hydrogen (secondary N) is 1. The van der Waals surface area contributed by atoms with E-state index in [2.05, 4.69) is 5.32 Å². The van der Waals surface area contributed by atoms with Crippen LogP contribution in [0.3, 0.4) is 0 Å². The number of fused-ring (bicyclic) bond motifs is 1. The highest BCUT2D eigenvalue weighted by molar-refractivity contribution is 6.00. The van der Waals surface area contributed by atoms with E-state index in [9.17, 15) is 25.1 Å². The molecule has 7 nitrogen and oxygen atoms in total. The number of allylic oxidation sites excluding steroid dienone is 2. The fourth-order valence-electron chi connectivity index (χ4n) is 3.93. The number of hydrogen-bond acceptors (Lipinski definition) is 6. The predicted octanol–water partition coefficient (Wildman–Crippen LogP) is 0.804. The number of aliphatic hydroxyl groups is 2. The second-order valence-electron chi connectivity index (χ2n) is 6.97. The first-order valence-corrected chi connectivity index (χ1v) is 8.47. The monoisotopic (exact) mass is 334 g/mol. The molecular weight excluding hydrogens is 312 g/mol. The number of alkyl carbamates (subject to hydrolysis) is 1. The molecule has 7 heteroatoms. The maximum atomic E-state index is 12.7. The van der Waals surface area contributed by atoms with E-state index in [1.165, 1.54) is 0 Å². The minimum Gasteiger partial charge on any atom is -0.444 e. The van der Waals surface area contributed by atoms with Crippen molar-refractivity contribution in [2.24, 2.45) is 11.8 Å². The molecule has 1 heterocycles. The number of rotatable bonds is 3. The van der Waals surface area contributed by atoms with Crippen LogP contribution in [0, 0.1) is 23.2 Å². The van der Waals surface area contributed by atoms with Crippen LogP contribution in [0.4, 0.5) is 4.79 Å². The van der Waals surface area contributed by atoms with Crippen molar-refractivity contribution in [1.29, 1.82) is 5.26 Å². The lowest BCUT2D eigenvalue weighted by Gasteiger charge is -2.29. The number of amides is 1. The summed E-state index contributed by atoms with van der Waals surface area (Å²) in [4.78, 5) is 23.9. The molecule has 6 atom stereocenters. The molecule has 1 saturated heterocycles. The van der Waals surface area contributed by atoms with Crippen molar-refractivity contribution in [1.82, 2.24) is 5.32 Å². The number of aliphatic hydroxyl groups excluding tert-OH is 2. The van der Waals surface area contributed by atoms with E-state index in [4.69, 9.17) is 4.74 Å². The van der Waals surface area contributed by atoms with Gasteiger partial charge in [-0.3, -0.25) is 4.79 Å². The van der Waals surface area contributed by atoms with Gasteiger partial charge in [-0.2, -0.15) is 5.26 Å². The molecule has 0 aromatic rings. The Morgan fingerprint density at radius 1 is 1.21 bits per heavy atom. The molecule has 0 radical (unpaired) electrons. The first-order valence-electron chi connectivity index (χ1n) is 8.47. The Balaban J connectivity index is 1.65. The lowest BCUT2D eigenvalue weighted by molar-refractivity contribution is -0.120. The third-order valence-electron chi connectivity index (χ3n) is 5.33. The summed E-state index contributed by atoms with van der Waals surface area (Å²) in [5, 5.41) is 31.4. The van der Waals surface area contributed by atoms with Crippen molar-refractivity contribution in [2.45, 2.75) is 62.9 Å². The van der Waals surface area contributed by atoms with E-state index in [-0.39, 0.29) is 35.3 Å². The van der Waals surface area contributed by atoms with E-state index in [0.717, 1.165) is 0 Å². The standard InChI is InChI=1S/C17H22N2O5/c18-8-11(5-9-1-4-13(20)14(21)6-9)16(22)10-2-3-12-15(7-10)24-17(23)19-12/h5,9-10,12-15,20-21H,1-4,6-7H2,(H,19,23)/b11-5+. The zero-order valence-electron chi connectivity index (χ0n) is 13.4. The van der Waals surface area contributed by atoms with Gasteiger partial charge in [0.1, 0.15) is 12.2 Å². The Labute approximate surface area is 140 Å². The molecule has 2 aliphatic carbocycles. The van der Waals surface area contributed by atoms with Crippen molar-refractivity contribution in [3.05, 3.63) is 11.6 Å². The maximum absolute atomic E-state index is 12.7. The van der Waals surface area contributed by atoms with Gasteiger partial charge in [-0.1, -0.05) is 6.08 Å². The largest absolute Gasteiger partial charge is 0.444 e. The van der Waals surface area contributed by atoms with Gasteiger partial charge >= 0.3 is 6.09 Å². The van der Waals surface area contributed by atoms with Crippen molar-refractivity contribution in [2.75, 3.05) is 0 Å². The van der Waals surface area contributed by atoms with Gasteiger partial charge in [0.05, 0.1) is 23.8 Å². The summed E-state index contributed by atoms with van der Waals surface area (Å²) < 4.78 is 5.17. The van der Waals surface area contributed by atoms with Crippen molar-refractivity contribution >= 4 is 11.9 Å². The molecule has 3 fully saturated rings. The number of ether oxygens (including phenoxy) is 1. The van der Waals surface area contributed by atoms with Gasteiger partial charge in [-0.15, -0.1) is 0 Å². The van der Waals surface area contributed by atoms with Crippen LogP contribution < -0.4 is 5.32 Å². The van der Waals surface area contributed by atoms with Gasteiger partial charge in [-0.25, -0.2) is 4.79 Å². The van der Waals surface area contributed by atoms with Gasteiger partial charge in [0.15, 0.2) is 5.78 Å². The number of carbonyl (C=O) groups is 2. The third kappa shape index (κ3) is 3.45. The van der Waals surface area contributed by atoms with Crippen LogP contribution in [-0.2, 0) is 9.53 Å². The third-order valence-corrected chi connectivity index (χ3v) is 5.33. The second kappa shape index (κ2) is 6.91. The average Bonchev–Trinajstić information content (AvgIpc) is 2.94. The highest BCUT2D eigenvalue weighted by atomic mass is 16.6. The highest BCUT2D eigenvalue weighted by Gasteiger charge is 2.42. The number of nitriles is 1. The first-order chi connectivity index (χ1) is 11.5. The zero-order valence-corrected chi connectivity index (χ0v) is 13.4. The Bertz CT molecular complexity index is 596. The van der Waals surface area contributed by atoms with E-state index < -0.39 is 18.3 Å². The molecular formula is C17H22N2O5. The van der Waals surface area contributed by atoms with E-state index in [1.54, 1.807) is 6.08 Å². The molecule has 1 amide bonds. The van der Waals surface area contributed by atoms with Crippen LogP contribution in [-0.4, -0.2) is 46.4 Å². The van der Waals surface area contributed by atoms with Crippen LogP contribution in [0.25, 0.3) is 0 Å². The molecule has 3 N–H and O–H groups in total. The molecule has 3 rings (SSSR count). The van der Waals surface area contributed by atoms with Crippen LogP contribution in [0.1, 0.15) is 38.5 Å². The molecule has 0 aromatic heterocycles. The number of hydrogen-bond donors (Lipinski definition) is 3. The minimum absolute atomic E-state index is 0.0361. The number of ketones is 1. The average molecular weight is 334 g/mol. The molecule has 0 aromatic carbocycles. The summed E-state index contributed by atoms with van der Waals surface area (Å²) in [5.41, 5.74) is 0.115. The van der Waals surface area contributed by atoms with Gasteiger partial charge in [-0.05, 0) is 44.4 Å². The van der Waals surface area contributed by atoms with Gasteiger partial charge in [0, 0.05) is 5.92 Å². The van der Waals surface area contributed by atoms with Crippen molar-refractivity contribution in [3.8, 4) is 6.07 Å². The van der Waals surface area contributed by atoms with E-state index in [0.29, 0.717) is 38.5 Å². The molecule has 2 saturated carbocycles. The lowest BCUT2D eigenvalue weighted by atomic mass is 9.78. The molecule has 0 spiro atoms. The first kappa shape index (κ1) is 16.9. The van der Waals surface area contributed by atoms with E-state index >= 15 is 0 Å². The Kier molecular flexibility index (Phi) is 4.88. The van der Waals surface area contributed by atoms with Gasteiger partial charge in [0.25, 0.3) is 0 Å². The minimum atomic E-state index is -0.811. The normalized spacial score (nSPS) is 39.4. The Hall–Kier alpha value is -1.91. The van der Waals surface area contributed by atoms with Crippen LogP contribution >= 0.6 is 0 Å². The summed E-state index contributed by atoms with van der Waals surface area (Å²) in [6, 6.07) is 1.95. The van der Waals surface area contributed by atoms with Crippen LogP contribution in [0.15, 0.2) is 11.6 Å². The Morgan fingerprint density at radius 2 is 2.00 bits per heavy atom. The quantitative estimate of drug-likeness (QED) is 0.519. The lowest BCUT2D eigenvalue weighted by Crippen LogP contribution is -2.39. The number of carbonyl (C=O) groups excluding carboxylic acids is 2. The summed E-state index contributed by atoms with van der Waals surface area (Å²) >= 11 is 0.